The summed E-state index contributed by atoms with van der Waals surface area (Å²) in [6, 6.07) is 0. The van der Waals surface area contributed by atoms with E-state index in [9.17, 15) is 19.8 Å². The maximum absolute atomic E-state index is 11.6. The van der Waals surface area contributed by atoms with Gasteiger partial charge in [-0.15, -0.1) is 0 Å². The summed E-state index contributed by atoms with van der Waals surface area (Å²) in [5.74, 6) is 1.20. The van der Waals surface area contributed by atoms with Crippen LogP contribution in [0.4, 0.5) is 0 Å². The molecule has 2 N–H and O–H groups in total. The Hall–Kier alpha value is -1.65. The lowest BCUT2D eigenvalue weighted by molar-refractivity contribution is -0.136. The summed E-state index contributed by atoms with van der Waals surface area (Å²) in [5.41, 5.74) is 1.73. The van der Waals surface area contributed by atoms with Gasteiger partial charge in [0, 0.05) is 45.4 Å². The van der Waals surface area contributed by atoms with E-state index in [0.717, 1.165) is 88.2 Å². The topological polar surface area (TPSA) is 124 Å². The Morgan fingerprint density at radius 1 is 0.896 bits per heavy atom. The number of unbranched alkanes of at least 4 members (excludes halogenated alkanes) is 6. The molecule has 1 aliphatic carbocycles. The number of aliphatic hydroxyl groups is 2. The summed E-state index contributed by atoms with van der Waals surface area (Å²) < 4.78 is 22.6. The van der Waals surface area contributed by atoms with Gasteiger partial charge in [-0.05, 0) is 88.0 Å². The van der Waals surface area contributed by atoms with Gasteiger partial charge in [0.1, 0.15) is 31.2 Å². The fourth-order valence-electron chi connectivity index (χ4n) is 7.12. The molecule has 9 heteroatoms. The third-order valence-electron chi connectivity index (χ3n) is 9.93. The molecule has 1 rings (SSSR count). The Kier molecular flexibility index (Phi) is 25.1. The lowest BCUT2D eigenvalue weighted by Gasteiger charge is -2.30. The van der Waals surface area contributed by atoms with Crippen LogP contribution < -0.4 is 0 Å². The average molecular weight is 682 g/mol. The molecule has 0 saturated heterocycles. The second-order valence-electron chi connectivity index (χ2n) is 14.5. The van der Waals surface area contributed by atoms with Gasteiger partial charge in [0.15, 0.2) is 0 Å². The van der Waals surface area contributed by atoms with E-state index in [0.29, 0.717) is 37.9 Å². The van der Waals surface area contributed by atoms with Crippen molar-refractivity contribution in [3.8, 4) is 0 Å². The van der Waals surface area contributed by atoms with Crippen molar-refractivity contribution < 1.29 is 38.7 Å². The second kappa shape index (κ2) is 27.1. The van der Waals surface area contributed by atoms with Gasteiger partial charge in [0.25, 0.3) is 6.47 Å². The molecule has 1 aliphatic rings. The number of carbonyl (C=O) groups excluding carboxylic acids is 2. The highest BCUT2D eigenvalue weighted by molar-refractivity contribution is 5.91. The summed E-state index contributed by atoms with van der Waals surface area (Å²) in [6.45, 7) is 12.7. The molecule has 0 amide bonds. The molecule has 6 atom stereocenters. The Balaban J connectivity index is 2.81. The smallest absolute Gasteiger partial charge is 0.293 e. The summed E-state index contributed by atoms with van der Waals surface area (Å²) in [7, 11) is 3.34. The molecule has 0 bridgehead atoms. The summed E-state index contributed by atoms with van der Waals surface area (Å²) in [4.78, 5) is 26.7. The molecule has 0 spiro atoms. The van der Waals surface area contributed by atoms with Gasteiger partial charge in [-0.3, -0.25) is 9.79 Å². The third-order valence-corrected chi connectivity index (χ3v) is 9.93. The fourth-order valence-corrected chi connectivity index (χ4v) is 7.12. The van der Waals surface area contributed by atoms with Crippen LogP contribution in [0.5, 0.6) is 0 Å². The van der Waals surface area contributed by atoms with E-state index in [1.807, 2.05) is 6.92 Å². The van der Waals surface area contributed by atoms with Crippen LogP contribution >= 0.6 is 0 Å². The van der Waals surface area contributed by atoms with E-state index in [1.165, 1.54) is 19.3 Å². The highest BCUT2D eigenvalue weighted by Crippen LogP contribution is 2.30. The number of aliphatic imine (C=N–C) groups is 1. The van der Waals surface area contributed by atoms with Gasteiger partial charge >= 0.3 is 0 Å². The predicted molar refractivity (Wildman–Crippen MR) is 193 cm³/mol. The third kappa shape index (κ3) is 18.9. The quantitative estimate of drug-likeness (QED) is 0.0365. The van der Waals surface area contributed by atoms with Crippen molar-refractivity contribution in [1.82, 2.24) is 0 Å². The van der Waals surface area contributed by atoms with E-state index in [2.05, 4.69) is 33.8 Å². The Bertz CT molecular complexity index is 885. The van der Waals surface area contributed by atoms with E-state index < -0.39 is 12.2 Å². The maximum Gasteiger partial charge on any atom is 0.293 e. The molecule has 0 aliphatic heterocycles. The molecule has 0 aromatic carbocycles. The van der Waals surface area contributed by atoms with Crippen LogP contribution in [-0.4, -0.2) is 93.2 Å². The summed E-state index contributed by atoms with van der Waals surface area (Å²) in [6.07, 6.45) is 15.7. The largest absolute Gasteiger partial charge is 0.464 e. The number of aldehydes is 1. The molecule has 0 aromatic heterocycles. The molecule has 0 heterocycles. The first-order valence-electron chi connectivity index (χ1n) is 18.8. The first-order chi connectivity index (χ1) is 23.1. The molecule has 0 unspecified atom stereocenters. The number of methoxy groups -OCH3 is 2. The van der Waals surface area contributed by atoms with Gasteiger partial charge < -0.3 is 34.0 Å². The highest BCUT2D eigenvalue weighted by atomic mass is 16.5. The minimum Gasteiger partial charge on any atom is -0.464 e. The minimum atomic E-state index is -0.845. The van der Waals surface area contributed by atoms with Crippen LogP contribution in [-0.2, 0) is 28.5 Å². The molecule has 1 fully saturated rings. The van der Waals surface area contributed by atoms with Crippen LogP contribution in [0.15, 0.2) is 16.6 Å². The average Bonchev–Trinajstić information content (AvgIpc) is 3.05. The van der Waals surface area contributed by atoms with Crippen molar-refractivity contribution in [1.29, 1.82) is 0 Å². The maximum atomic E-state index is 11.6. The number of ether oxygens (including phenoxy) is 4. The molecule has 280 valence electrons. The molecular weight excluding hydrogens is 610 g/mol. The number of hydrogen-bond donors (Lipinski definition) is 2. The van der Waals surface area contributed by atoms with E-state index in [1.54, 1.807) is 14.2 Å². The van der Waals surface area contributed by atoms with Crippen LogP contribution in [0, 0.1) is 23.7 Å². The molecule has 0 aromatic rings. The van der Waals surface area contributed by atoms with Gasteiger partial charge in [0.05, 0.1) is 12.2 Å². The zero-order chi connectivity index (χ0) is 35.7. The molecule has 9 nitrogen and oxygen atoms in total. The van der Waals surface area contributed by atoms with Crippen LogP contribution in [0.3, 0.4) is 0 Å². The molecule has 48 heavy (non-hydrogen) atoms. The zero-order valence-electron chi connectivity index (χ0n) is 31.4. The highest BCUT2D eigenvalue weighted by Gasteiger charge is 2.31. The van der Waals surface area contributed by atoms with E-state index in [-0.39, 0.29) is 36.8 Å². The van der Waals surface area contributed by atoms with Crippen molar-refractivity contribution in [2.75, 3.05) is 34.0 Å². The standard InChI is InChI=1S/C39H71NO8/c1-29(2)25-31(4)37(40-21-13-11-9-8-10-12-14-23-47-24-22-41)39(46-7)38(44)32(5)26-30(3)36(45-6)27-35(48-28-42)20-17-33-15-18-34(43)19-16-33/h22,26,28-31,33-36,38-39,43-44H,8-21,23-25,27H2,1-7H3/b32-26+,40-37+/t30-,31-,33-,34-,35-,36-,38-,39+/m1/s1. The molecule has 1 saturated carbocycles. The normalized spacial score (nSPS) is 21.4. The van der Waals surface area contributed by atoms with E-state index in [4.69, 9.17) is 23.9 Å². The number of rotatable bonds is 29. The van der Waals surface area contributed by atoms with Gasteiger partial charge in [0.2, 0.25) is 0 Å². The van der Waals surface area contributed by atoms with Crippen LogP contribution in [0.2, 0.25) is 0 Å². The second-order valence-corrected chi connectivity index (χ2v) is 14.5. The van der Waals surface area contributed by atoms with Crippen LogP contribution in [0.25, 0.3) is 0 Å². The van der Waals surface area contributed by atoms with Crippen molar-refractivity contribution in [3.63, 3.8) is 0 Å². The molecular formula is C39H71NO8. The SMILES string of the molecule is CO[C@H](C[C@@H](CC[C@H]1CC[C@H](O)CC1)OC=O)[C@H](C)/C=C(\C)[C@@H](O)[C@@H](OC)/C(=N/CCCCCCCCCOCC=O)[C@H](C)CC(C)C. The van der Waals surface area contributed by atoms with Crippen molar-refractivity contribution in [2.45, 2.75) is 161 Å². The van der Waals surface area contributed by atoms with Crippen molar-refractivity contribution in [2.24, 2.45) is 28.7 Å². The molecule has 0 radical (unpaired) electrons. The van der Waals surface area contributed by atoms with Crippen LogP contribution in [0.1, 0.15) is 131 Å². The monoisotopic (exact) mass is 682 g/mol. The first-order valence-corrected chi connectivity index (χ1v) is 18.8. The van der Waals surface area contributed by atoms with Crippen molar-refractivity contribution in [3.05, 3.63) is 11.6 Å². The number of nitrogens with zero attached hydrogens (tertiary/aromatic N) is 1. The minimum absolute atomic E-state index is 0.0258. The number of aliphatic hydroxyl groups excluding tert-OH is 2. The summed E-state index contributed by atoms with van der Waals surface area (Å²) >= 11 is 0. The Morgan fingerprint density at radius 3 is 2.12 bits per heavy atom. The fraction of sp³-hybridized carbons (Fsp3) is 0.872. The Labute approximate surface area is 292 Å². The lowest BCUT2D eigenvalue weighted by Crippen LogP contribution is -2.40. The van der Waals surface area contributed by atoms with Gasteiger partial charge in [-0.2, -0.15) is 0 Å². The number of hydrogen-bond acceptors (Lipinski definition) is 9. The zero-order valence-corrected chi connectivity index (χ0v) is 31.4. The number of carbonyl (C=O) groups is 2. The van der Waals surface area contributed by atoms with Crippen molar-refractivity contribution >= 4 is 18.5 Å². The first kappa shape index (κ1) is 44.4. The van der Waals surface area contributed by atoms with E-state index >= 15 is 0 Å². The van der Waals surface area contributed by atoms with Gasteiger partial charge in [-0.25, -0.2) is 0 Å². The predicted octanol–water partition coefficient (Wildman–Crippen LogP) is 7.29. The lowest BCUT2D eigenvalue weighted by atomic mass is 9.83. The van der Waals surface area contributed by atoms with Gasteiger partial charge in [-0.1, -0.05) is 65.9 Å². The summed E-state index contributed by atoms with van der Waals surface area (Å²) in [5, 5.41) is 21.4. The Morgan fingerprint density at radius 2 is 1.54 bits per heavy atom.